The first kappa shape index (κ1) is 29.1. The number of carbonyl (C=O) groups excluding carboxylic acids is 2. The fourth-order valence-electron chi connectivity index (χ4n) is 3.31. The van der Waals surface area contributed by atoms with Crippen LogP contribution in [0.25, 0.3) is 0 Å². The van der Waals surface area contributed by atoms with Crippen molar-refractivity contribution in [1.82, 2.24) is 0 Å². The van der Waals surface area contributed by atoms with Crippen LogP contribution in [0.4, 0.5) is 34.1 Å². The summed E-state index contributed by atoms with van der Waals surface area (Å²) in [6.07, 6.45) is 0.869. The van der Waals surface area contributed by atoms with E-state index in [4.69, 9.17) is 9.47 Å². The van der Waals surface area contributed by atoms with Gasteiger partial charge in [0.2, 0.25) is 5.91 Å². The third kappa shape index (κ3) is 7.67. The normalized spacial score (nSPS) is 10.7. The van der Waals surface area contributed by atoms with E-state index in [-0.39, 0.29) is 33.9 Å². The molecule has 0 saturated heterocycles. The van der Waals surface area contributed by atoms with Crippen LogP contribution >= 0.6 is 15.9 Å². The van der Waals surface area contributed by atoms with Crippen LogP contribution < -0.4 is 15.0 Å². The SMILES string of the molecule is CCCN(CCC(=O)OC)c1cc(NC(C)=O)c(N=Nc2c(Br)cc([N+](=O)[O-])cc2[N+](=O)[O-])cc1OC. The van der Waals surface area contributed by atoms with Gasteiger partial charge < -0.3 is 19.7 Å². The minimum absolute atomic E-state index is 0.0151. The lowest BCUT2D eigenvalue weighted by Gasteiger charge is -2.26. The van der Waals surface area contributed by atoms with Crippen molar-refractivity contribution in [3.05, 3.63) is 49.0 Å². The smallest absolute Gasteiger partial charge is 0.307 e. The zero-order chi connectivity index (χ0) is 27.7. The first-order valence-electron chi connectivity index (χ1n) is 10.9. The molecular formula is C22H25BrN6O8. The van der Waals surface area contributed by atoms with Crippen molar-refractivity contribution >= 4 is 61.9 Å². The van der Waals surface area contributed by atoms with Crippen LogP contribution in [0.5, 0.6) is 5.75 Å². The molecule has 198 valence electrons. The van der Waals surface area contributed by atoms with Crippen LogP contribution in [-0.4, -0.2) is 49.0 Å². The molecule has 0 saturated carbocycles. The minimum Gasteiger partial charge on any atom is -0.494 e. The Hall–Kier alpha value is -4.14. The molecule has 14 nitrogen and oxygen atoms in total. The van der Waals surface area contributed by atoms with Gasteiger partial charge in [0.15, 0.2) is 5.69 Å². The standard InChI is InChI=1S/C22H25BrN6O8/c1-5-7-27(8-6-21(31)37-4)18-11-16(24-13(2)30)17(12-20(18)36-3)25-26-22-15(23)9-14(28(32)33)10-19(22)29(34)35/h9-12H,5-8H2,1-4H3,(H,24,30). The quantitative estimate of drug-likeness (QED) is 0.148. The molecule has 0 fully saturated rings. The van der Waals surface area contributed by atoms with E-state index in [0.717, 1.165) is 18.6 Å². The number of methoxy groups -OCH3 is 2. The highest BCUT2D eigenvalue weighted by Crippen LogP contribution is 2.43. The monoisotopic (exact) mass is 580 g/mol. The van der Waals surface area contributed by atoms with Crippen molar-refractivity contribution in [3.63, 3.8) is 0 Å². The zero-order valence-electron chi connectivity index (χ0n) is 20.5. The Morgan fingerprint density at radius 2 is 1.78 bits per heavy atom. The number of anilines is 2. The molecule has 0 spiro atoms. The van der Waals surface area contributed by atoms with Gasteiger partial charge >= 0.3 is 11.7 Å². The number of carbonyl (C=O) groups is 2. The molecule has 37 heavy (non-hydrogen) atoms. The first-order valence-corrected chi connectivity index (χ1v) is 11.7. The predicted molar refractivity (Wildman–Crippen MR) is 138 cm³/mol. The zero-order valence-corrected chi connectivity index (χ0v) is 22.1. The molecule has 2 aromatic rings. The number of nitrogens with one attached hydrogen (secondary N) is 1. The summed E-state index contributed by atoms with van der Waals surface area (Å²) in [7, 11) is 2.73. The number of hydrogen-bond donors (Lipinski definition) is 1. The maximum atomic E-state index is 11.9. The second kappa shape index (κ2) is 13.2. The number of non-ortho nitro benzene ring substituents is 1. The average molecular weight is 581 g/mol. The van der Waals surface area contributed by atoms with Crippen molar-refractivity contribution in [2.75, 3.05) is 37.5 Å². The molecule has 0 heterocycles. The van der Waals surface area contributed by atoms with E-state index in [1.165, 1.54) is 27.2 Å². The Morgan fingerprint density at radius 1 is 1.08 bits per heavy atom. The van der Waals surface area contributed by atoms with Gasteiger partial charge in [-0.1, -0.05) is 6.92 Å². The molecular weight excluding hydrogens is 556 g/mol. The summed E-state index contributed by atoms with van der Waals surface area (Å²) >= 11 is 3.08. The van der Waals surface area contributed by atoms with Crippen LogP contribution in [0.2, 0.25) is 0 Å². The number of nitro benzene ring substituents is 2. The van der Waals surface area contributed by atoms with Crippen molar-refractivity contribution in [2.45, 2.75) is 26.7 Å². The molecule has 0 bridgehead atoms. The molecule has 1 N–H and O–H groups in total. The van der Waals surface area contributed by atoms with Crippen molar-refractivity contribution in [3.8, 4) is 5.75 Å². The van der Waals surface area contributed by atoms with Gasteiger partial charge in [-0.2, -0.15) is 0 Å². The van der Waals surface area contributed by atoms with Crippen LogP contribution in [0.3, 0.4) is 0 Å². The largest absolute Gasteiger partial charge is 0.494 e. The molecule has 0 aromatic heterocycles. The number of hydrogen-bond acceptors (Lipinski definition) is 11. The van der Waals surface area contributed by atoms with Crippen molar-refractivity contribution in [1.29, 1.82) is 0 Å². The summed E-state index contributed by atoms with van der Waals surface area (Å²) in [6, 6.07) is 4.93. The Balaban J connectivity index is 2.63. The van der Waals surface area contributed by atoms with Gasteiger partial charge in [-0.15, -0.1) is 10.2 Å². The Kier molecular flexibility index (Phi) is 10.4. The number of nitro groups is 2. The maximum Gasteiger partial charge on any atom is 0.307 e. The lowest BCUT2D eigenvalue weighted by Crippen LogP contribution is -2.28. The maximum absolute atomic E-state index is 11.9. The van der Waals surface area contributed by atoms with Gasteiger partial charge in [0.25, 0.3) is 5.69 Å². The number of amides is 1. The summed E-state index contributed by atoms with van der Waals surface area (Å²) in [5, 5.41) is 33.3. The van der Waals surface area contributed by atoms with E-state index >= 15 is 0 Å². The van der Waals surface area contributed by atoms with Gasteiger partial charge in [0, 0.05) is 32.1 Å². The van der Waals surface area contributed by atoms with Gasteiger partial charge in [0.1, 0.15) is 11.4 Å². The number of esters is 1. The number of azo groups is 1. The molecule has 0 unspecified atom stereocenters. The summed E-state index contributed by atoms with van der Waals surface area (Å²) in [4.78, 5) is 46.5. The van der Waals surface area contributed by atoms with Gasteiger partial charge in [-0.25, -0.2) is 0 Å². The molecule has 0 aliphatic rings. The van der Waals surface area contributed by atoms with Crippen molar-refractivity contribution < 1.29 is 28.9 Å². The minimum atomic E-state index is -0.811. The van der Waals surface area contributed by atoms with E-state index in [1.54, 1.807) is 6.07 Å². The second-order valence-electron chi connectivity index (χ2n) is 7.55. The van der Waals surface area contributed by atoms with Gasteiger partial charge in [-0.3, -0.25) is 29.8 Å². The van der Waals surface area contributed by atoms with Gasteiger partial charge in [0.05, 0.1) is 52.4 Å². The summed E-state index contributed by atoms with van der Waals surface area (Å²) in [5.74, 6) is -0.451. The van der Waals surface area contributed by atoms with Crippen molar-refractivity contribution in [2.24, 2.45) is 10.2 Å². The highest BCUT2D eigenvalue weighted by molar-refractivity contribution is 9.10. The second-order valence-corrected chi connectivity index (χ2v) is 8.40. The lowest BCUT2D eigenvalue weighted by atomic mass is 10.1. The Morgan fingerprint density at radius 3 is 2.32 bits per heavy atom. The molecule has 2 aromatic carbocycles. The molecule has 0 atom stereocenters. The Bertz CT molecular complexity index is 1240. The molecule has 0 radical (unpaired) electrons. The van der Waals surface area contributed by atoms with E-state index in [2.05, 4.69) is 31.5 Å². The number of halogens is 1. The number of ether oxygens (including phenoxy) is 2. The fraction of sp³-hybridized carbons (Fsp3) is 0.364. The van der Waals surface area contributed by atoms with Gasteiger partial charge in [-0.05, 0) is 28.4 Å². The topological polar surface area (TPSA) is 179 Å². The molecule has 0 aliphatic carbocycles. The van der Waals surface area contributed by atoms with E-state index < -0.39 is 27.1 Å². The highest BCUT2D eigenvalue weighted by atomic mass is 79.9. The summed E-state index contributed by atoms with van der Waals surface area (Å²) in [5.41, 5.74) is -0.472. The van der Waals surface area contributed by atoms with E-state index in [1.807, 2.05) is 11.8 Å². The third-order valence-corrected chi connectivity index (χ3v) is 5.55. The van der Waals surface area contributed by atoms with Crippen LogP contribution in [0, 0.1) is 20.2 Å². The fourth-order valence-corrected chi connectivity index (χ4v) is 3.83. The molecule has 1 amide bonds. The number of benzene rings is 2. The average Bonchev–Trinajstić information content (AvgIpc) is 2.84. The van der Waals surface area contributed by atoms with Crippen LogP contribution in [-0.2, 0) is 14.3 Å². The number of rotatable bonds is 12. The summed E-state index contributed by atoms with van der Waals surface area (Å²) < 4.78 is 10.2. The lowest BCUT2D eigenvalue weighted by molar-refractivity contribution is -0.393. The molecule has 2 rings (SSSR count). The Labute approximate surface area is 220 Å². The van der Waals surface area contributed by atoms with Crippen LogP contribution in [0.15, 0.2) is 39.0 Å². The van der Waals surface area contributed by atoms with Crippen LogP contribution in [0.1, 0.15) is 26.7 Å². The predicted octanol–water partition coefficient (Wildman–Crippen LogP) is 5.43. The van der Waals surface area contributed by atoms with E-state index in [0.29, 0.717) is 24.5 Å². The third-order valence-electron chi connectivity index (χ3n) is 4.95. The molecule has 0 aliphatic heterocycles. The highest BCUT2D eigenvalue weighted by Gasteiger charge is 2.24. The summed E-state index contributed by atoms with van der Waals surface area (Å²) in [6.45, 7) is 4.14. The number of nitrogens with zero attached hydrogens (tertiary/aromatic N) is 5. The first-order chi connectivity index (χ1) is 17.5. The molecule has 15 heteroatoms. The van der Waals surface area contributed by atoms with E-state index in [9.17, 15) is 29.8 Å².